The average Bonchev–Trinajstić information content (AvgIpc) is 2.72. The van der Waals surface area contributed by atoms with Crippen molar-refractivity contribution in [1.82, 2.24) is 9.88 Å². The zero-order valence-electron chi connectivity index (χ0n) is 11.6. The molecule has 0 radical (unpaired) electrons. The summed E-state index contributed by atoms with van der Waals surface area (Å²) in [5, 5.41) is 6.03. The van der Waals surface area contributed by atoms with E-state index in [-0.39, 0.29) is 0 Å². The Morgan fingerprint density at radius 1 is 1.21 bits per heavy atom. The van der Waals surface area contributed by atoms with Gasteiger partial charge in [-0.15, -0.1) is 11.3 Å². The van der Waals surface area contributed by atoms with Gasteiger partial charge in [0.05, 0.1) is 6.34 Å². The van der Waals surface area contributed by atoms with Crippen molar-refractivity contribution in [3.8, 4) is 0 Å². The minimum Gasteiger partial charge on any atom is -0.369 e. The normalized spacial score (nSPS) is 10.9. The maximum Gasteiger partial charge on any atom is 0.212 e. The summed E-state index contributed by atoms with van der Waals surface area (Å²) < 4.78 is 0. The van der Waals surface area contributed by atoms with Crippen molar-refractivity contribution in [3.05, 3.63) is 34.7 Å². The molecule has 0 saturated heterocycles. The zero-order valence-corrected chi connectivity index (χ0v) is 12.5. The lowest BCUT2D eigenvalue weighted by Crippen LogP contribution is -2.06. The van der Waals surface area contributed by atoms with E-state index in [9.17, 15) is 0 Å². The second-order valence-electron chi connectivity index (χ2n) is 4.72. The summed E-state index contributed by atoms with van der Waals surface area (Å²) in [6, 6.07) is 6.36. The number of benzene rings is 1. The molecule has 100 valence electrons. The van der Waals surface area contributed by atoms with Crippen molar-refractivity contribution >= 4 is 34.3 Å². The number of anilines is 2. The number of hydrogen-bond acceptors (Lipinski definition) is 4. The molecule has 5 heteroatoms. The predicted octanol–water partition coefficient (Wildman–Crippen LogP) is 3.72. The Morgan fingerprint density at radius 3 is 2.53 bits per heavy atom. The van der Waals surface area contributed by atoms with Crippen LogP contribution in [0.5, 0.6) is 0 Å². The van der Waals surface area contributed by atoms with Crippen LogP contribution in [0, 0.1) is 13.8 Å². The second-order valence-corrected chi connectivity index (χ2v) is 5.56. The average molecular weight is 274 g/mol. The summed E-state index contributed by atoms with van der Waals surface area (Å²) in [7, 11) is 3.87. The van der Waals surface area contributed by atoms with Crippen LogP contribution in [0.15, 0.2) is 28.6 Å². The molecule has 0 atom stereocenters. The van der Waals surface area contributed by atoms with Gasteiger partial charge in [-0.1, -0.05) is 6.07 Å². The lowest BCUT2D eigenvalue weighted by molar-refractivity contribution is 0.643. The molecule has 0 aliphatic carbocycles. The van der Waals surface area contributed by atoms with Gasteiger partial charge in [-0.25, -0.2) is 9.98 Å². The molecule has 0 spiro atoms. The van der Waals surface area contributed by atoms with Crippen molar-refractivity contribution in [1.29, 1.82) is 0 Å². The van der Waals surface area contributed by atoms with E-state index < -0.39 is 0 Å². The Hall–Kier alpha value is -1.88. The fraction of sp³-hybridized carbons (Fsp3) is 0.286. The van der Waals surface area contributed by atoms with Crippen LogP contribution in [0.25, 0.3) is 0 Å². The topological polar surface area (TPSA) is 40.5 Å². The Kier molecular flexibility index (Phi) is 4.16. The Bertz CT molecular complexity index is 567. The summed E-state index contributed by atoms with van der Waals surface area (Å²) in [5.74, 6) is 0.834. The lowest BCUT2D eigenvalue weighted by atomic mass is 10.1. The van der Waals surface area contributed by atoms with Crippen LogP contribution in [0.2, 0.25) is 0 Å². The third-order valence-electron chi connectivity index (χ3n) is 2.39. The van der Waals surface area contributed by atoms with E-state index in [0.29, 0.717) is 0 Å². The minimum atomic E-state index is 0.751. The number of aliphatic imine (C=N–C) groups is 1. The number of rotatable bonds is 4. The summed E-state index contributed by atoms with van der Waals surface area (Å²) in [5.41, 5.74) is 3.54. The molecular formula is C14H18N4S. The molecule has 4 nitrogen and oxygen atoms in total. The molecular weight excluding hydrogens is 256 g/mol. The van der Waals surface area contributed by atoms with Gasteiger partial charge in [0.2, 0.25) is 5.13 Å². The quantitative estimate of drug-likeness (QED) is 0.682. The SMILES string of the molecule is Cc1cc(C)cc(Nc2csc(/N=C/N(C)C)n2)c1. The van der Waals surface area contributed by atoms with Gasteiger partial charge < -0.3 is 10.2 Å². The van der Waals surface area contributed by atoms with Crippen LogP contribution < -0.4 is 5.32 Å². The summed E-state index contributed by atoms with van der Waals surface area (Å²) in [6.45, 7) is 4.18. The summed E-state index contributed by atoms with van der Waals surface area (Å²) in [4.78, 5) is 10.6. The number of aromatic nitrogens is 1. The molecule has 0 saturated carbocycles. The monoisotopic (exact) mass is 274 g/mol. The molecule has 0 aliphatic rings. The summed E-state index contributed by atoms with van der Waals surface area (Å²) >= 11 is 1.52. The highest BCUT2D eigenvalue weighted by atomic mass is 32.1. The van der Waals surface area contributed by atoms with Crippen molar-refractivity contribution < 1.29 is 0 Å². The fourth-order valence-electron chi connectivity index (χ4n) is 1.74. The minimum absolute atomic E-state index is 0.751. The molecule has 2 rings (SSSR count). The first-order valence-electron chi connectivity index (χ1n) is 6.04. The molecule has 1 aromatic carbocycles. The molecule has 1 heterocycles. The van der Waals surface area contributed by atoms with Crippen LogP contribution in [-0.4, -0.2) is 30.3 Å². The van der Waals surface area contributed by atoms with Gasteiger partial charge in [0, 0.05) is 25.2 Å². The van der Waals surface area contributed by atoms with Gasteiger partial charge in [0.15, 0.2) is 0 Å². The van der Waals surface area contributed by atoms with Crippen LogP contribution in [-0.2, 0) is 0 Å². The lowest BCUT2D eigenvalue weighted by Gasteiger charge is -2.05. The van der Waals surface area contributed by atoms with Gasteiger partial charge in [-0.3, -0.25) is 0 Å². The highest BCUT2D eigenvalue weighted by Gasteiger charge is 2.02. The van der Waals surface area contributed by atoms with E-state index in [1.165, 1.54) is 22.5 Å². The Labute approximate surface area is 117 Å². The predicted molar refractivity (Wildman–Crippen MR) is 83.2 cm³/mol. The van der Waals surface area contributed by atoms with Crippen LogP contribution >= 0.6 is 11.3 Å². The number of nitrogens with one attached hydrogen (secondary N) is 1. The van der Waals surface area contributed by atoms with E-state index >= 15 is 0 Å². The molecule has 0 aliphatic heterocycles. The van der Waals surface area contributed by atoms with Gasteiger partial charge in [0.1, 0.15) is 5.82 Å². The smallest absolute Gasteiger partial charge is 0.212 e. The second kappa shape index (κ2) is 5.84. The van der Waals surface area contributed by atoms with E-state index in [0.717, 1.165) is 16.6 Å². The van der Waals surface area contributed by atoms with Crippen LogP contribution in [0.4, 0.5) is 16.6 Å². The van der Waals surface area contributed by atoms with Gasteiger partial charge in [-0.2, -0.15) is 0 Å². The number of aryl methyl sites for hydroxylation is 2. The van der Waals surface area contributed by atoms with Gasteiger partial charge in [-0.05, 0) is 37.1 Å². The Balaban J connectivity index is 2.11. The maximum atomic E-state index is 4.42. The molecule has 0 amide bonds. The van der Waals surface area contributed by atoms with E-state index in [1.807, 2.05) is 24.4 Å². The van der Waals surface area contributed by atoms with Gasteiger partial charge in [0.25, 0.3) is 0 Å². The first kappa shape index (κ1) is 13.5. The number of nitrogens with zero attached hydrogens (tertiary/aromatic N) is 3. The van der Waals surface area contributed by atoms with Gasteiger partial charge >= 0.3 is 0 Å². The van der Waals surface area contributed by atoms with Crippen molar-refractivity contribution in [2.45, 2.75) is 13.8 Å². The molecule has 2 aromatic rings. The number of hydrogen-bond donors (Lipinski definition) is 1. The largest absolute Gasteiger partial charge is 0.369 e. The first-order chi connectivity index (χ1) is 9.02. The molecule has 1 aromatic heterocycles. The van der Waals surface area contributed by atoms with Crippen LogP contribution in [0.1, 0.15) is 11.1 Å². The number of thiazole rings is 1. The van der Waals surface area contributed by atoms with Crippen molar-refractivity contribution in [2.75, 3.05) is 19.4 Å². The third-order valence-corrected chi connectivity index (χ3v) is 3.13. The summed E-state index contributed by atoms with van der Waals surface area (Å²) in [6.07, 6.45) is 1.75. The third kappa shape index (κ3) is 4.06. The van der Waals surface area contributed by atoms with E-state index in [2.05, 4.69) is 47.3 Å². The van der Waals surface area contributed by atoms with E-state index in [4.69, 9.17) is 0 Å². The molecule has 19 heavy (non-hydrogen) atoms. The van der Waals surface area contributed by atoms with Crippen molar-refractivity contribution in [2.24, 2.45) is 4.99 Å². The van der Waals surface area contributed by atoms with E-state index in [1.54, 1.807) is 6.34 Å². The first-order valence-corrected chi connectivity index (χ1v) is 6.92. The van der Waals surface area contributed by atoms with Crippen molar-refractivity contribution in [3.63, 3.8) is 0 Å². The highest BCUT2D eigenvalue weighted by molar-refractivity contribution is 7.13. The zero-order chi connectivity index (χ0) is 13.8. The maximum absolute atomic E-state index is 4.42. The highest BCUT2D eigenvalue weighted by Crippen LogP contribution is 2.25. The Morgan fingerprint density at radius 2 is 1.89 bits per heavy atom. The molecule has 0 fully saturated rings. The van der Waals surface area contributed by atoms with Crippen LogP contribution in [0.3, 0.4) is 0 Å². The molecule has 0 bridgehead atoms. The molecule has 0 unspecified atom stereocenters. The molecule has 1 N–H and O–H groups in total. The fourth-order valence-corrected chi connectivity index (χ4v) is 2.33. The standard InChI is InChI=1S/C14H18N4S/c1-10-5-11(2)7-12(6-10)16-13-8-19-14(17-13)15-9-18(3)4/h5-9,16H,1-4H3/b15-9+.